The Morgan fingerprint density at radius 2 is 1.85 bits per heavy atom. The summed E-state index contributed by atoms with van der Waals surface area (Å²) in [5.41, 5.74) is 2.84. The Balaban J connectivity index is 1.68. The predicted molar refractivity (Wildman–Crippen MR) is 123 cm³/mol. The molecule has 0 spiro atoms. The fraction of sp³-hybridized carbons (Fsp3) is 0.0909. The SMILES string of the molecule is COC(=O)c1ccc(-c2n[nH]c3ccc(NS(=O)(=O)c4ccccc4CS(=O)[O-])cc23)cc1. The van der Waals surface area contributed by atoms with Gasteiger partial charge in [0.25, 0.3) is 10.0 Å². The molecule has 0 radical (unpaired) electrons. The summed E-state index contributed by atoms with van der Waals surface area (Å²) < 4.78 is 55.4. The number of sulfonamides is 1. The highest BCUT2D eigenvalue weighted by Gasteiger charge is 2.19. The average molecular weight is 485 g/mol. The normalized spacial score (nSPS) is 12.4. The van der Waals surface area contributed by atoms with E-state index in [1.54, 1.807) is 48.5 Å². The van der Waals surface area contributed by atoms with Crippen LogP contribution in [0.1, 0.15) is 15.9 Å². The first-order valence-electron chi connectivity index (χ1n) is 9.62. The maximum absolute atomic E-state index is 13.0. The van der Waals surface area contributed by atoms with E-state index in [1.165, 1.54) is 25.3 Å². The third-order valence-electron chi connectivity index (χ3n) is 4.93. The lowest BCUT2D eigenvalue weighted by Crippen LogP contribution is -2.15. The Hall–Kier alpha value is -3.54. The van der Waals surface area contributed by atoms with Crippen LogP contribution in [0.5, 0.6) is 0 Å². The lowest BCUT2D eigenvalue weighted by atomic mass is 10.1. The summed E-state index contributed by atoms with van der Waals surface area (Å²) in [6.45, 7) is 0. The number of aromatic nitrogens is 2. The number of aromatic amines is 1. The molecule has 3 aromatic carbocycles. The van der Waals surface area contributed by atoms with Crippen molar-refractivity contribution in [3.63, 3.8) is 0 Å². The van der Waals surface area contributed by atoms with Crippen molar-refractivity contribution in [1.82, 2.24) is 10.2 Å². The van der Waals surface area contributed by atoms with Gasteiger partial charge in [0.1, 0.15) is 0 Å². The standard InChI is InChI=1S/C22H19N3O6S2/c1-31-22(26)15-8-6-14(7-9-15)21-18-12-17(10-11-19(18)23-24-21)25-33(29,30)20-5-3-2-4-16(20)13-32(27)28/h2-12,25H,13H2,1H3,(H,23,24)(H,27,28)/p-1. The zero-order valence-corrected chi connectivity index (χ0v) is 18.9. The molecule has 0 bridgehead atoms. The molecule has 0 saturated carbocycles. The molecule has 0 saturated heterocycles. The summed E-state index contributed by atoms with van der Waals surface area (Å²) in [5, 5.41) is 7.88. The molecule has 0 aliphatic heterocycles. The minimum atomic E-state index is -4.04. The summed E-state index contributed by atoms with van der Waals surface area (Å²) in [7, 11) is -2.74. The van der Waals surface area contributed by atoms with Gasteiger partial charge in [-0.05, 0) is 42.0 Å². The van der Waals surface area contributed by atoms with Gasteiger partial charge >= 0.3 is 5.97 Å². The van der Waals surface area contributed by atoms with Gasteiger partial charge in [0, 0.05) is 22.4 Å². The van der Waals surface area contributed by atoms with E-state index < -0.39 is 32.8 Å². The minimum absolute atomic E-state index is 0.111. The average Bonchev–Trinajstić information content (AvgIpc) is 3.21. The molecule has 33 heavy (non-hydrogen) atoms. The molecule has 1 heterocycles. The van der Waals surface area contributed by atoms with Crippen molar-refractivity contribution < 1.29 is 26.7 Å². The van der Waals surface area contributed by atoms with Gasteiger partial charge < -0.3 is 9.29 Å². The first kappa shape index (κ1) is 22.6. The molecule has 0 amide bonds. The van der Waals surface area contributed by atoms with Crippen molar-refractivity contribution in [3.8, 4) is 11.3 Å². The molecular formula is C22H18N3O6S2-. The van der Waals surface area contributed by atoms with Gasteiger partial charge in [-0.1, -0.05) is 41.4 Å². The fourth-order valence-electron chi connectivity index (χ4n) is 3.40. The maximum Gasteiger partial charge on any atom is 0.337 e. The Morgan fingerprint density at radius 1 is 1.12 bits per heavy atom. The number of ether oxygens (including phenoxy) is 1. The number of carbonyl (C=O) groups excluding carboxylic acids is 1. The van der Waals surface area contributed by atoms with Gasteiger partial charge in [0.05, 0.1) is 28.8 Å². The monoisotopic (exact) mass is 484 g/mol. The maximum atomic E-state index is 13.0. The Morgan fingerprint density at radius 3 is 2.55 bits per heavy atom. The number of nitrogens with one attached hydrogen (secondary N) is 2. The van der Waals surface area contributed by atoms with Gasteiger partial charge in [-0.2, -0.15) is 5.10 Å². The Kier molecular flexibility index (Phi) is 6.27. The van der Waals surface area contributed by atoms with Crippen LogP contribution >= 0.6 is 0 Å². The van der Waals surface area contributed by atoms with Crippen LogP contribution in [0.4, 0.5) is 5.69 Å². The smallest absolute Gasteiger partial charge is 0.337 e. The first-order valence-corrected chi connectivity index (χ1v) is 12.3. The molecule has 9 nitrogen and oxygen atoms in total. The van der Waals surface area contributed by atoms with Gasteiger partial charge in [-0.3, -0.25) is 14.0 Å². The fourth-order valence-corrected chi connectivity index (χ4v) is 5.29. The van der Waals surface area contributed by atoms with Crippen molar-refractivity contribution in [1.29, 1.82) is 0 Å². The molecule has 4 rings (SSSR count). The third kappa shape index (κ3) is 4.80. The van der Waals surface area contributed by atoms with E-state index in [9.17, 15) is 22.0 Å². The van der Waals surface area contributed by atoms with Crippen LogP contribution in [-0.2, 0) is 31.6 Å². The summed E-state index contributed by atoms with van der Waals surface area (Å²) in [6, 6.07) is 17.5. The number of H-pyrrole nitrogens is 1. The number of methoxy groups -OCH3 is 1. The summed E-state index contributed by atoms with van der Waals surface area (Å²) >= 11 is -2.43. The van der Waals surface area contributed by atoms with Gasteiger partial charge in [-0.25, -0.2) is 13.2 Å². The second kappa shape index (κ2) is 9.14. The molecule has 0 aliphatic rings. The van der Waals surface area contributed by atoms with Crippen LogP contribution in [0.25, 0.3) is 22.2 Å². The zero-order valence-electron chi connectivity index (χ0n) is 17.3. The summed E-state index contributed by atoms with van der Waals surface area (Å²) in [6.07, 6.45) is 0. The first-order chi connectivity index (χ1) is 15.8. The molecule has 1 aromatic heterocycles. The number of carbonyl (C=O) groups is 1. The van der Waals surface area contributed by atoms with E-state index in [0.29, 0.717) is 22.2 Å². The number of fused-ring (bicyclic) bond motifs is 1. The number of nitrogens with zero attached hydrogens (tertiary/aromatic N) is 1. The van der Waals surface area contributed by atoms with Crippen molar-refractivity contribution >= 4 is 43.7 Å². The number of benzene rings is 3. The molecule has 11 heteroatoms. The molecular weight excluding hydrogens is 466 g/mol. The van der Waals surface area contributed by atoms with Crippen LogP contribution in [0, 0.1) is 0 Å². The quantitative estimate of drug-likeness (QED) is 0.303. The lowest BCUT2D eigenvalue weighted by molar-refractivity contribution is 0.0600. The molecule has 1 unspecified atom stereocenters. The van der Waals surface area contributed by atoms with Gasteiger partial charge in [-0.15, -0.1) is 0 Å². The topological polar surface area (TPSA) is 141 Å². The minimum Gasteiger partial charge on any atom is -0.772 e. The van der Waals surface area contributed by atoms with Gasteiger partial charge in [0.15, 0.2) is 0 Å². The molecule has 4 aromatic rings. The molecule has 1 atom stereocenters. The van der Waals surface area contributed by atoms with Crippen LogP contribution in [0.2, 0.25) is 0 Å². The second-order valence-corrected chi connectivity index (χ2v) is 9.61. The molecule has 0 aliphatic carbocycles. The van der Waals surface area contributed by atoms with Crippen LogP contribution < -0.4 is 4.72 Å². The lowest BCUT2D eigenvalue weighted by Gasteiger charge is -2.13. The number of rotatable bonds is 7. The highest BCUT2D eigenvalue weighted by atomic mass is 32.2. The predicted octanol–water partition coefficient (Wildman–Crippen LogP) is 3.20. The Labute approximate surface area is 192 Å². The third-order valence-corrected chi connectivity index (χ3v) is 6.96. The number of anilines is 1. The highest BCUT2D eigenvalue weighted by molar-refractivity contribution is 7.92. The molecule has 0 fully saturated rings. The van der Waals surface area contributed by atoms with E-state index in [-0.39, 0.29) is 16.1 Å². The Bertz CT molecular complexity index is 1460. The van der Waals surface area contributed by atoms with Gasteiger partial charge in [0.2, 0.25) is 0 Å². The van der Waals surface area contributed by atoms with Crippen molar-refractivity contribution in [2.75, 3.05) is 11.8 Å². The summed E-state index contributed by atoms with van der Waals surface area (Å²) in [4.78, 5) is 11.5. The van der Waals surface area contributed by atoms with E-state index in [4.69, 9.17) is 4.74 Å². The van der Waals surface area contributed by atoms with E-state index in [2.05, 4.69) is 14.9 Å². The van der Waals surface area contributed by atoms with Crippen molar-refractivity contribution in [2.24, 2.45) is 0 Å². The number of hydrogen-bond acceptors (Lipinski definition) is 7. The summed E-state index contributed by atoms with van der Waals surface area (Å²) in [5.74, 6) is -0.866. The van der Waals surface area contributed by atoms with Crippen LogP contribution in [0.15, 0.2) is 71.6 Å². The van der Waals surface area contributed by atoms with E-state index in [0.717, 1.165) is 5.56 Å². The van der Waals surface area contributed by atoms with Crippen molar-refractivity contribution in [3.05, 3.63) is 77.9 Å². The van der Waals surface area contributed by atoms with E-state index in [1.807, 2.05) is 0 Å². The van der Waals surface area contributed by atoms with Crippen molar-refractivity contribution in [2.45, 2.75) is 10.6 Å². The molecule has 2 N–H and O–H groups in total. The molecule has 170 valence electrons. The number of hydrogen-bond donors (Lipinski definition) is 2. The number of esters is 1. The second-order valence-electron chi connectivity index (χ2n) is 7.06. The van der Waals surface area contributed by atoms with Crippen LogP contribution in [-0.4, -0.2) is 40.5 Å². The van der Waals surface area contributed by atoms with E-state index >= 15 is 0 Å². The van der Waals surface area contributed by atoms with Crippen LogP contribution in [0.3, 0.4) is 0 Å². The highest BCUT2D eigenvalue weighted by Crippen LogP contribution is 2.30. The largest absolute Gasteiger partial charge is 0.772 e. The zero-order chi connectivity index (χ0) is 23.6.